The lowest BCUT2D eigenvalue weighted by Gasteiger charge is -2.59. The quantitative estimate of drug-likeness (QED) is 0.705. The molecule has 0 unspecified atom stereocenters. The van der Waals surface area contributed by atoms with Gasteiger partial charge in [0.25, 0.3) is 0 Å². The highest BCUT2D eigenvalue weighted by Crippen LogP contribution is 2.68. The number of ether oxygens (including phenoxy) is 2. The van der Waals surface area contributed by atoms with Gasteiger partial charge in [-0.15, -0.1) is 0 Å². The van der Waals surface area contributed by atoms with E-state index in [4.69, 9.17) is 9.47 Å². The van der Waals surface area contributed by atoms with Gasteiger partial charge in [0.15, 0.2) is 17.9 Å². The van der Waals surface area contributed by atoms with Crippen molar-refractivity contribution >= 4 is 11.6 Å². The van der Waals surface area contributed by atoms with Crippen LogP contribution >= 0.6 is 0 Å². The minimum atomic E-state index is -0.966. The fourth-order valence-corrected chi connectivity index (χ4v) is 7.73. The zero-order valence-electron chi connectivity index (χ0n) is 18.3. The number of rotatable bonds is 5. The van der Waals surface area contributed by atoms with Gasteiger partial charge >= 0.3 is 0 Å². The maximum Gasteiger partial charge on any atom is 0.190 e. The molecule has 0 aromatic heterocycles. The number of methoxy groups -OCH3 is 1. The molecule has 0 saturated heterocycles. The molecular weight excluding hydrogens is 368 g/mol. The number of fused-ring (bicyclic) bond motifs is 5. The normalized spacial score (nSPS) is 45.1. The van der Waals surface area contributed by atoms with Crippen LogP contribution in [0, 0.1) is 28.6 Å². The zero-order chi connectivity index (χ0) is 21.0. The van der Waals surface area contributed by atoms with Crippen molar-refractivity contribution in [2.45, 2.75) is 84.0 Å². The summed E-state index contributed by atoms with van der Waals surface area (Å²) in [6.07, 6.45) is 8.72. The van der Waals surface area contributed by atoms with Crippen LogP contribution in [0.3, 0.4) is 0 Å². The monoisotopic (exact) mass is 404 g/mol. The molecule has 4 aliphatic rings. The summed E-state index contributed by atoms with van der Waals surface area (Å²) < 4.78 is 11.7. The van der Waals surface area contributed by atoms with E-state index < -0.39 is 18.5 Å². The van der Waals surface area contributed by atoms with Crippen LogP contribution in [0.2, 0.25) is 0 Å². The van der Waals surface area contributed by atoms with Crippen LogP contribution in [0.4, 0.5) is 0 Å². The maximum atomic E-state index is 13.1. The Morgan fingerprint density at radius 1 is 1.17 bits per heavy atom. The van der Waals surface area contributed by atoms with Gasteiger partial charge in [-0.2, -0.15) is 0 Å². The van der Waals surface area contributed by atoms with Gasteiger partial charge in [-0.05, 0) is 81.1 Å². The van der Waals surface area contributed by atoms with E-state index >= 15 is 0 Å². The van der Waals surface area contributed by atoms with Crippen molar-refractivity contribution in [2.24, 2.45) is 28.6 Å². The van der Waals surface area contributed by atoms with Crippen LogP contribution < -0.4 is 0 Å². The van der Waals surface area contributed by atoms with Crippen LogP contribution in [0.5, 0.6) is 0 Å². The SMILES string of the molecule is CO[C@@H](C)O[C@]1(C(=O)CO)CC[C@H]2[C@@H]3CCC4=CC(=O)CC[C@]4(C)[C@H]3CC[C@@]21C. The molecule has 7 atom stereocenters. The van der Waals surface area contributed by atoms with Crippen LogP contribution in [-0.2, 0) is 19.1 Å². The second kappa shape index (κ2) is 7.28. The van der Waals surface area contributed by atoms with E-state index in [1.165, 1.54) is 5.57 Å². The predicted octanol–water partition coefficient (Wildman–Crippen LogP) is 3.83. The van der Waals surface area contributed by atoms with Crippen molar-refractivity contribution in [3.8, 4) is 0 Å². The Labute approximate surface area is 174 Å². The Morgan fingerprint density at radius 2 is 1.90 bits per heavy atom. The number of carbonyl (C=O) groups excluding carboxylic acids is 2. The second-order valence-corrected chi connectivity index (χ2v) is 10.3. The van der Waals surface area contributed by atoms with Crippen molar-refractivity contribution in [2.75, 3.05) is 13.7 Å². The van der Waals surface area contributed by atoms with E-state index in [-0.39, 0.29) is 22.4 Å². The molecule has 5 heteroatoms. The van der Waals surface area contributed by atoms with Gasteiger partial charge in [0.1, 0.15) is 12.2 Å². The summed E-state index contributed by atoms with van der Waals surface area (Å²) in [6.45, 7) is 5.93. The molecule has 5 nitrogen and oxygen atoms in total. The first-order chi connectivity index (χ1) is 13.7. The van der Waals surface area contributed by atoms with Crippen molar-refractivity contribution in [3.63, 3.8) is 0 Å². The van der Waals surface area contributed by atoms with E-state index in [9.17, 15) is 14.7 Å². The number of hydrogen-bond acceptors (Lipinski definition) is 5. The molecule has 162 valence electrons. The summed E-state index contributed by atoms with van der Waals surface area (Å²) in [7, 11) is 1.59. The van der Waals surface area contributed by atoms with Gasteiger partial charge < -0.3 is 14.6 Å². The third-order valence-corrected chi connectivity index (χ3v) is 9.37. The smallest absolute Gasteiger partial charge is 0.190 e. The maximum absolute atomic E-state index is 13.1. The molecule has 4 aliphatic carbocycles. The molecule has 0 radical (unpaired) electrons. The summed E-state index contributed by atoms with van der Waals surface area (Å²) >= 11 is 0. The molecule has 29 heavy (non-hydrogen) atoms. The van der Waals surface area contributed by atoms with E-state index in [0.717, 1.165) is 38.5 Å². The molecule has 0 bridgehead atoms. The fourth-order valence-electron chi connectivity index (χ4n) is 7.73. The standard InChI is InChI=1S/C24H36O5/c1-15(28-4)29-24(21(27)14-25)12-9-20-18-6-5-16-13-17(26)7-10-22(16,2)19(18)8-11-23(20,24)3/h13,15,18-20,25H,5-12,14H2,1-4H3/t15-,18-,19+,20+,22+,23+,24+/m1/s1. The summed E-state index contributed by atoms with van der Waals surface area (Å²) in [4.78, 5) is 25.1. The number of allylic oxidation sites excluding steroid dienone is 1. The number of carbonyl (C=O) groups is 2. The zero-order valence-corrected chi connectivity index (χ0v) is 18.3. The Bertz CT molecular complexity index is 729. The topological polar surface area (TPSA) is 72.8 Å². The first-order valence-electron chi connectivity index (χ1n) is 11.3. The van der Waals surface area contributed by atoms with Crippen molar-refractivity contribution in [3.05, 3.63) is 11.6 Å². The molecule has 0 aromatic carbocycles. The molecule has 0 aliphatic heterocycles. The molecule has 0 spiro atoms. The highest BCUT2D eigenvalue weighted by Gasteiger charge is 2.67. The summed E-state index contributed by atoms with van der Waals surface area (Å²) in [5.74, 6) is 1.59. The Morgan fingerprint density at radius 3 is 2.59 bits per heavy atom. The lowest BCUT2D eigenvalue weighted by Crippen LogP contribution is -2.60. The summed E-state index contributed by atoms with van der Waals surface area (Å²) in [5, 5.41) is 9.79. The average molecular weight is 405 g/mol. The lowest BCUT2D eigenvalue weighted by molar-refractivity contribution is -0.234. The van der Waals surface area contributed by atoms with Gasteiger partial charge in [-0.25, -0.2) is 0 Å². The minimum Gasteiger partial charge on any atom is -0.388 e. The first-order valence-corrected chi connectivity index (χ1v) is 11.3. The van der Waals surface area contributed by atoms with Gasteiger partial charge in [-0.1, -0.05) is 19.4 Å². The predicted molar refractivity (Wildman–Crippen MR) is 109 cm³/mol. The fraction of sp³-hybridized carbons (Fsp3) is 0.833. The summed E-state index contributed by atoms with van der Waals surface area (Å²) in [5.41, 5.74) is 0.221. The Balaban J connectivity index is 1.69. The largest absolute Gasteiger partial charge is 0.388 e. The third-order valence-electron chi connectivity index (χ3n) is 9.37. The lowest BCUT2D eigenvalue weighted by atomic mass is 9.46. The second-order valence-electron chi connectivity index (χ2n) is 10.3. The number of aliphatic hydroxyl groups excluding tert-OH is 1. The average Bonchev–Trinajstić information content (AvgIpc) is 3.01. The van der Waals surface area contributed by atoms with Crippen molar-refractivity contribution < 1.29 is 24.2 Å². The highest BCUT2D eigenvalue weighted by molar-refractivity contribution is 5.91. The molecule has 3 fully saturated rings. The number of Topliss-reactive ketones (excluding diaryl/α,β-unsaturated/α-hetero) is 1. The van der Waals surface area contributed by atoms with E-state index in [0.29, 0.717) is 30.6 Å². The van der Waals surface area contributed by atoms with Crippen LogP contribution in [0.25, 0.3) is 0 Å². The number of ketones is 2. The third kappa shape index (κ3) is 2.91. The molecule has 3 saturated carbocycles. The van der Waals surface area contributed by atoms with E-state index in [2.05, 4.69) is 13.8 Å². The number of aliphatic hydroxyl groups is 1. The molecule has 0 amide bonds. The molecule has 4 rings (SSSR count). The molecule has 0 aromatic rings. The summed E-state index contributed by atoms with van der Waals surface area (Å²) in [6, 6.07) is 0. The van der Waals surface area contributed by atoms with Crippen LogP contribution in [0.1, 0.15) is 72.1 Å². The minimum absolute atomic E-state index is 0.116. The van der Waals surface area contributed by atoms with Gasteiger partial charge in [0, 0.05) is 18.9 Å². The molecular formula is C24H36O5. The Kier molecular flexibility index (Phi) is 5.32. The van der Waals surface area contributed by atoms with Crippen molar-refractivity contribution in [1.82, 2.24) is 0 Å². The van der Waals surface area contributed by atoms with Gasteiger partial charge in [0.05, 0.1) is 0 Å². The van der Waals surface area contributed by atoms with Crippen LogP contribution in [0.15, 0.2) is 11.6 Å². The van der Waals surface area contributed by atoms with Gasteiger partial charge in [0.2, 0.25) is 0 Å². The van der Waals surface area contributed by atoms with Crippen LogP contribution in [-0.4, -0.2) is 42.3 Å². The van der Waals surface area contributed by atoms with E-state index in [1.807, 2.05) is 13.0 Å². The molecule has 1 N–H and O–H groups in total. The van der Waals surface area contributed by atoms with Crippen molar-refractivity contribution in [1.29, 1.82) is 0 Å². The number of hydrogen-bond donors (Lipinski definition) is 1. The van der Waals surface area contributed by atoms with Gasteiger partial charge in [-0.3, -0.25) is 9.59 Å². The van der Waals surface area contributed by atoms with E-state index in [1.54, 1.807) is 7.11 Å². The molecule has 0 heterocycles. The Hall–Kier alpha value is -1.04. The first kappa shape index (κ1) is 21.2. The highest BCUT2D eigenvalue weighted by atomic mass is 16.7.